The lowest BCUT2D eigenvalue weighted by Crippen LogP contribution is -2.45. The zero-order chi connectivity index (χ0) is 14.8. The number of rotatable bonds is 2. The second kappa shape index (κ2) is 5.77. The lowest BCUT2D eigenvalue weighted by molar-refractivity contribution is 0.0383. The van der Waals surface area contributed by atoms with Crippen LogP contribution < -0.4 is 4.74 Å². The highest BCUT2D eigenvalue weighted by Gasteiger charge is 2.38. The Balaban J connectivity index is 1.40. The molecule has 2 aliphatic rings. The van der Waals surface area contributed by atoms with E-state index in [1.54, 1.807) is 0 Å². The third kappa shape index (κ3) is 2.76. The van der Waals surface area contributed by atoms with Crippen molar-refractivity contribution in [2.45, 2.75) is 25.8 Å². The van der Waals surface area contributed by atoms with Gasteiger partial charge < -0.3 is 4.74 Å². The van der Waals surface area contributed by atoms with Gasteiger partial charge in [0, 0.05) is 12.0 Å². The Morgan fingerprint density at radius 2 is 1.64 bits per heavy atom. The van der Waals surface area contributed by atoms with Crippen molar-refractivity contribution in [2.24, 2.45) is 5.41 Å². The quantitative estimate of drug-likeness (QED) is 0.832. The van der Waals surface area contributed by atoms with Crippen LogP contribution in [0.4, 0.5) is 0 Å². The van der Waals surface area contributed by atoms with Gasteiger partial charge in [0.2, 0.25) is 0 Å². The molecule has 2 aromatic rings. The first-order valence-corrected chi connectivity index (χ1v) is 8.30. The average Bonchev–Trinajstić information content (AvgIpc) is 2.58. The van der Waals surface area contributed by atoms with E-state index in [4.69, 9.17) is 4.74 Å². The van der Waals surface area contributed by atoms with Crippen LogP contribution in [-0.4, -0.2) is 24.6 Å². The summed E-state index contributed by atoms with van der Waals surface area (Å²) in [6, 6.07) is 19.3. The van der Waals surface area contributed by atoms with Crippen molar-refractivity contribution in [2.75, 3.05) is 19.7 Å². The molecule has 2 heteroatoms. The number of piperidine rings is 1. The Morgan fingerprint density at radius 3 is 2.45 bits per heavy atom. The molecule has 2 heterocycles. The maximum Gasteiger partial charge on any atom is 0.122 e. The topological polar surface area (TPSA) is 12.5 Å². The summed E-state index contributed by atoms with van der Waals surface area (Å²) < 4.78 is 6.05. The number of likely N-dealkylation sites (tertiary alicyclic amines) is 1. The highest BCUT2D eigenvalue weighted by molar-refractivity contribution is 5.36. The van der Waals surface area contributed by atoms with Gasteiger partial charge in [-0.15, -0.1) is 0 Å². The second-order valence-corrected chi connectivity index (χ2v) is 6.83. The molecule has 0 atom stereocenters. The molecule has 4 rings (SSSR count). The van der Waals surface area contributed by atoms with Crippen LogP contribution in [0.5, 0.6) is 5.75 Å². The van der Waals surface area contributed by atoms with Crippen molar-refractivity contribution >= 4 is 0 Å². The van der Waals surface area contributed by atoms with E-state index in [2.05, 4.69) is 59.5 Å². The minimum Gasteiger partial charge on any atom is -0.493 e. The van der Waals surface area contributed by atoms with Crippen LogP contribution in [0.25, 0.3) is 0 Å². The first-order valence-electron chi connectivity index (χ1n) is 8.30. The van der Waals surface area contributed by atoms with Crippen LogP contribution in [0.2, 0.25) is 0 Å². The summed E-state index contributed by atoms with van der Waals surface area (Å²) in [5, 5.41) is 0. The normalized spacial score (nSPS) is 20.4. The molecule has 0 saturated carbocycles. The van der Waals surface area contributed by atoms with Gasteiger partial charge in [-0.3, -0.25) is 4.90 Å². The van der Waals surface area contributed by atoms with Crippen molar-refractivity contribution < 1.29 is 4.74 Å². The SMILES string of the molecule is c1ccc(CN2CCC3(CC2)COc2ccccc2C3)cc1. The zero-order valence-electron chi connectivity index (χ0n) is 13.0. The van der Waals surface area contributed by atoms with E-state index in [0.717, 1.165) is 18.9 Å². The van der Waals surface area contributed by atoms with Crippen LogP contribution in [0, 0.1) is 5.41 Å². The van der Waals surface area contributed by atoms with Gasteiger partial charge in [0.05, 0.1) is 6.61 Å². The second-order valence-electron chi connectivity index (χ2n) is 6.83. The molecular formula is C20H23NO. The summed E-state index contributed by atoms with van der Waals surface area (Å²) in [6.07, 6.45) is 3.67. The predicted molar refractivity (Wildman–Crippen MR) is 89.0 cm³/mol. The van der Waals surface area contributed by atoms with Gasteiger partial charge in [0.1, 0.15) is 5.75 Å². The maximum absolute atomic E-state index is 6.05. The molecule has 114 valence electrons. The molecule has 1 spiro atoms. The highest BCUT2D eigenvalue weighted by Crippen LogP contribution is 2.41. The minimum atomic E-state index is 0.363. The largest absolute Gasteiger partial charge is 0.493 e. The Kier molecular flexibility index (Phi) is 3.63. The van der Waals surface area contributed by atoms with Gasteiger partial charge >= 0.3 is 0 Å². The van der Waals surface area contributed by atoms with Crippen molar-refractivity contribution in [3.05, 3.63) is 65.7 Å². The van der Waals surface area contributed by atoms with Gasteiger partial charge in [-0.1, -0.05) is 48.5 Å². The third-order valence-electron chi connectivity index (χ3n) is 5.24. The molecule has 22 heavy (non-hydrogen) atoms. The van der Waals surface area contributed by atoms with Gasteiger partial charge in [-0.25, -0.2) is 0 Å². The number of para-hydroxylation sites is 1. The number of nitrogens with zero attached hydrogens (tertiary/aromatic N) is 1. The molecule has 0 bridgehead atoms. The third-order valence-corrected chi connectivity index (χ3v) is 5.24. The number of ether oxygens (including phenoxy) is 1. The smallest absolute Gasteiger partial charge is 0.122 e. The summed E-state index contributed by atoms with van der Waals surface area (Å²) in [6.45, 7) is 4.33. The molecule has 0 radical (unpaired) electrons. The fourth-order valence-corrected chi connectivity index (χ4v) is 3.82. The van der Waals surface area contributed by atoms with Crippen LogP contribution in [-0.2, 0) is 13.0 Å². The Bertz CT molecular complexity index is 629. The molecule has 1 fully saturated rings. The monoisotopic (exact) mass is 293 g/mol. The summed E-state index contributed by atoms with van der Waals surface area (Å²) in [4.78, 5) is 2.58. The van der Waals surface area contributed by atoms with Gasteiger partial charge in [-0.05, 0) is 49.5 Å². The number of benzene rings is 2. The molecule has 2 aromatic carbocycles. The molecular weight excluding hydrogens is 270 g/mol. The number of hydrogen-bond donors (Lipinski definition) is 0. The van der Waals surface area contributed by atoms with E-state index >= 15 is 0 Å². The summed E-state index contributed by atoms with van der Waals surface area (Å²) in [5.74, 6) is 1.10. The summed E-state index contributed by atoms with van der Waals surface area (Å²) >= 11 is 0. The standard InChI is InChI=1S/C20H23NO/c1-2-6-17(7-3-1)15-21-12-10-20(11-13-21)14-18-8-4-5-9-19(18)22-16-20/h1-9H,10-16H2. The fraction of sp³-hybridized carbons (Fsp3) is 0.400. The minimum absolute atomic E-state index is 0.363. The van der Waals surface area contributed by atoms with Crippen molar-refractivity contribution in [3.63, 3.8) is 0 Å². The van der Waals surface area contributed by atoms with E-state index in [-0.39, 0.29) is 0 Å². The molecule has 0 aromatic heterocycles. The van der Waals surface area contributed by atoms with Crippen molar-refractivity contribution in [3.8, 4) is 5.75 Å². The molecule has 0 unspecified atom stereocenters. The van der Waals surface area contributed by atoms with Gasteiger partial charge in [0.15, 0.2) is 0 Å². The number of fused-ring (bicyclic) bond motifs is 1. The van der Waals surface area contributed by atoms with Crippen LogP contribution >= 0.6 is 0 Å². The number of hydrogen-bond acceptors (Lipinski definition) is 2. The van der Waals surface area contributed by atoms with E-state index in [9.17, 15) is 0 Å². The average molecular weight is 293 g/mol. The Labute approximate surface area is 132 Å². The first kappa shape index (κ1) is 13.8. The van der Waals surface area contributed by atoms with Crippen LogP contribution in [0.1, 0.15) is 24.0 Å². The summed E-state index contributed by atoms with van der Waals surface area (Å²) in [7, 11) is 0. The lowest BCUT2D eigenvalue weighted by atomic mass is 9.73. The van der Waals surface area contributed by atoms with Gasteiger partial charge in [-0.2, -0.15) is 0 Å². The molecule has 0 amide bonds. The lowest BCUT2D eigenvalue weighted by Gasteiger charge is -2.44. The van der Waals surface area contributed by atoms with Crippen molar-refractivity contribution in [1.82, 2.24) is 4.90 Å². The van der Waals surface area contributed by atoms with E-state index < -0.39 is 0 Å². The molecule has 0 aliphatic carbocycles. The van der Waals surface area contributed by atoms with Crippen molar-refractivity contribution in [1.29, 1.82) is 0 Å². The molecule has 1 saturated heterocycles. The van der Waals surface area contributed by atoms with Gasteiger partial charge in [0.25, 0.3) is 0 Å². The highest BCUT2D eigenvalue weighted by atomic mass is 16.5. The predicted octanol–water partition coefficient (Wildman–Crippen LogP) is 3.90. The zero-order valence-corrected chi connectivity index (χ0v) is 13.0. The van der Waals surface area contributed by atoms with E-state index in [1.807, 2.05) is 0 Å². The molecule has 2 nitrogen and oxygen atoms in total. The van der Waals surface area contributed by atoms with Crippen LogP contribution in [0.3, 0.4) is 0 Å². The first-order chi connectivity index (χ1) is 10.8. The van der Waals surface area contributed by atoms with E-state index in [0.29, 0.717) is 5.41 Å². The van der Waals surface area contributed by atoms with Crippen LogP contribution in [0.15, 0.2) is 54.6 Å². The Hall–Kier alpha value is -1.80. The Morgan fingerprint density at radius 1 is 0.909 bits per heavy atom. The maximum atomic E-state index is 6.05. The molecule has 2 aliphatic heterocycles. The summed E-state index contributed by atoms with van der Waals surface area (Å²) in [5.41, 5.74) is 3.18. The fourth-order valence-electron chi connectivity index (χ4n) is 3.82. The van der Waals surface area contributed by atoms with E-state index in [1.165, 1.54) is 43.5 Å². The molecule has 0 N–H and O–H groups in total.